The summed E-state index contributed by atoms with van der Waals surface area (Å²) in [5, 5.41) is -6.94. The van der Waals surface area contributed by atoms with E-state index in [1.807, 2.05) is 0 Å². The van der Waals surface area contributed by atoms with E-state index in [2.05, 4.69) is 17.7 Å². The number of hydrogen-bond donors (Lipinski definition) is 0. The van der Waals surface area contributed by atoms with Crippen LogP contribution in [0.1, 0.15) is 0 Å². The molecule has 0 saturated carbocycles. The zero-order chi connectivity index (χ0) is 20.1. The third kappa shape index (κ3) is 1.59. The van der Waals surface area contributed by atoms with E-state index in [4.69, 9.17) is 0 Å². The van der Waals surface area contributed by atoms with Crippen molar-refractivity contribution in [2.45, 2.75) is 0 Å². The second kappa shape index (κ2) is 4.62. The summed E-state index contributed by atoms with van der Waals surface area (Å²) < 4.78 is 17.6. The first kappa shape index (κ1) is 15.7. The molecule has 5 rings (SSSR count). The molecule has 0 aliphatic carbocycles. The van der Waals surface area contributed by atoms with E-state index in [0.717, 1.165) is 0 Å². The van der Waals surface area contributed by atoms with Gasteiger partial charge in [-0.3, -0.25) is 0 Å². The quantitative estimate of drug-likeness (QED) is 0.282. The van der Waals surface area contributed by atoms with Crippen molar-refractivity contribution in [3.63, 3.8) is 0 Å². The molecule has 0 unspecified atom stereocenters. The lowest BCUT2D eigenvalue weighted by Gasteiger charge is -1.89. The Morgan fingerprint density at radius 2 is 0.357 bits per heavy atom. The van der Waals surface area contributed by atoms with E-state index in [-0.39, 0.29) is 0 Å². The van der Waals surface area contributed by atoms with Gasteiger partial charge in [0.15, 0.2) is 0 Å². The summed E-state index contributed by atoms with van der Waals surface area (Å²) >= 11 is 0. The lowest BCUT2D eigenvalue weighted by molar-refractivity contribution is 0.495. The third-order valence-electron chi connectivity index (χ3n) is 4.37. The zero-order valence-corrected chi connectivity index (χ0v) is 12.9. The normalized spacial score (nSPS) is 12.0. The SMILES string of the molecule is O=c1oc(=O)c2c1c1c(=O)oc(=O)c1c1c(=O)oc(=O)c1c1c(=O)oc(=O)c21. The zero-order valence-electron chi connectivity index (χ0n) is 12.9. The molecule has 0 atom stereocenters. The third-order valence-corrected chi connectivity index (χ3v) is 4.37. The summed E-state index contributed by atoms with van der Waals surface area (Å²) in [6.07, 6.45) is 0. The highest BCUT2D eigenvalue weighted by Crippen LogP contribution is 2.25. The lowest BCUT2D eigenvalue weighted by Crippen LogP contribution is -2.02. The Labute approximate surface area is 145 Å². The van der Waals surface area contributed by atoms with Gasteiger partial charge < -0.3 is 17.7 Å². The van der Waals surface area contributed by atoms with Gasteiger partial charge in [0.25, 0.3) is 0 Å². The van der Waals surface area contributed by atoms with E-state index in [0.29, 0.717) is 0 Å². The van der Waals surface area contributed by atoms with Gasteiger partial charge in [0.05, 0.1) is 43.1 Å². The molecule has 136 valence electrons. The highest BCUT2D eigenvalue weighted by atomic mass is 16.5. The minimum Gasteiger partial charge on any atom is -0.386 e. The molecule has 28 heavy (non-hydrogen) atoms. The second-order valence-electron chi connectivity index (χ2n) is 5.71. The molecule has 0 aliphatic rings. The molecule has 0 saturated heterocycles. The van der Waals surface area contributed by atoms with Gasteiger partial charge in [-0.15, -0.1) is 0 Å². The van der Waals surface area contributed by atoms with Crippen molar-refractivity contribution in [2.24, 2.45) is 0 Å². The molecular formula is C16O12. The molecule has 12 heteroatoms. The number of rotatable bonds is 0. The minimum atomic E-state index is -1.43. The number of hydrogen-bond acceptors (Lipinski definition) is 12. The van der Waals surface area contributed by atoms with Crippen LogP contribution in [0.15, 0.2) is 56.0 Å². The van der Waals surface area contributed by atoms with Gasteiger partial charge in [-0.05, 0) is 0 Å². The Balaban J connectivity index is 2.60. The maximum atomic E-state index is 12.2. The van der Waals surface area contributed by atoms with Crippen molar-refractivity contribution in [1.82, 2.24) is 0 Å². The smallest absolute Gasteiger partial charge is 0.347 e. The van der Waals surface area contributed by atoms with Crippen molar-refractivity contribution >= 4 is 43.1 Å². The fourth-order valence-corrected chi connectivity index (χ4v) is 3.38. The van der Waals surface area contributed by atoms with Crippen molar-refractivity contribution in [3.05, 3.63) is 83.4 Å². The topological polar surface area (TPSA) is 189 Å². The Hall–Kier alpha value is -4.48. The standard InChI is InChI=1S/C16O12/c17-9-1-2(10(18)25-9)4-6(14(22)27-13(4)21)8-7(15(23)28-16(8)24)5-3(1)11(19)26-12(5)20. The Morgan fingerprint density at radius 3 is 0.464 bits per heavy atom. The molecule has 0 spiro atoms. The highest BCUT2D eigenvalue weighted by Gasteiger charge is 2.29. The Kier molecular flexibility index (Phi) is 2.60. The molecule has 4 heterocycles. The predicted octanol–water partition coefficient (Wildman–Crippen LogP) is -2.13. The van der Waals surface area contributed by atoms with Gasteiger partial charge in [-0.1, -0.05) is 0 Å². The molecular weight excluding hydrogens is 384 g/mol. The molecule has 0 amide bonds. The Bertz CT molecular complexity index is 1500. The van der Waals surface area contributed by atoms with E-state index < -0.39 is 88.1 Å². The van der Waals surface area contributed by atoms with Gasteiger partial charge in [-0.25, -0.2) is 38.4 Å². The van der Waals surface area contributed by atoms with E-state index in [1.165, 1.54) is 0 Å². The Morgan fingerprint density at radius 1 is 0.250 bits per heavy atom. The molecule has 12 nitrogen and oxygen atoms in total. The van der Waals surface area contributed by atoms with Crippen molar-refractivity contribution in [3.8, 4) is 0 Å². The van der Waals surface area contributed by atoms with Crippen LogP contribution in [0.2, 0.25) is 0 Å². The first-order chi connectivity index (χ1) is 13.2. The number of furan rings is 4. The molecule has 0 N–H and O–H groups in total. The first-order valence-electron chi connectivity index (χ1n) is 7.27. The van der Waals surface area contributed by atoms with Crippen LogP contribution in [0, 0.1) is 0 Å². The maximum absolute atomic E-state index is 12.2. The summed E-state index contributed by atoms with van der Waals surface area (Å²) in [5.74, 6) is 0. The molecule has 5 aromatic rings. The lowest BCUT2D eigenvalue weighted by atomic mass is 10.0. The maximum Gasteiger partial charge on any atom is 0.347 e. The van der Waals surface area contributed by atoms with Gasteiger partial charge >= 0.3 is 45.0 Å². The van der Waals surface area contributed by atoms with Crippen LogP contribution >= 0.6 is 0 Å². The largest absolute Gasteiger partial charge is 0.386 e. The van der Waals surface area contributed by atoms with Gasteiger partial charge in [0, 0.05) is 0 Å². The van der Waals surface area contributed by atoms with Crippen LogP contribution < -0.4 is 45.0 Å². The summed E-state index contributed by atoms with van der Waals surface area (Å²) in [7, 11) is 0. The number of fused-ring (bicyclic) bond motifs is 8. The summed E-state index contributed by atoms with van der Waals surface area (Å²) in [6.45, 7) is 0. The average Bonchev–Trinajstić information content (AvgIpc) is 3.20. The summed E-state index contributed by atoms with van der Waals surface area (Å²) in [4.78, 5) is 97.4. The fourth-order valence-electron chi connectivity index (χ4n) is 3.38. The van der Waals surface area contributed by atoms with Crippen LogP contribution in [-0.2, 0) is 0 Å². The monoisotopic (exact) mass is 384 g/mol. The van der Waals surface area contributed by atoms with Crippen LogP contribution in [0.25, 0.3) is 43.1 Å². The van der Waals surface area contributed by atoms with Gasteiger partial charge in [-0.2, -0.15) is 0 Å². The van der Waals surface area contributed by atoms with Crippen LogP contribution in [0.3, 0.4) is 0 Å². The molecule has 4 aromatic heterocycles. The summed E-state index contributed by atoms with van der Waals surface area (Å²) in [6, 6.07) is 0. The van der Waals surface area contributed by atoms with Crippen LogP contribution in [-0.4, -0.2) is 0 Å². The second-order valence-corrected chi connectivity index (χ2v) is 5.71. The molecule has 1 aromatic carbocycles. The fraction of sp³-hybridized carbons (Fsp3) is 0. The predicted molar refractivity (Wildman–Crippen MR) is 89.2 cm³/mol. The van der Waals surface area contributed by atoms with E-state index >= 15 is 0 Å². The highest BCUT2D eigenvalue weighted by molar-refractivity contribution is 6.24. The van der Waals surface area contributed by atoms with Crippen molar-refractivity contribution < 1.29 is 17.7 Å². The minimum absolute atomic E-state index is 0.867. The molecule has 0 aliphatic heterocycles. The van der Waals surface area contributed by atoms with Gasteiger partial charge in [0.1, 0.15) is 0 Å². The van der Waals surface area contributed by atoms with E-state index in [9.17, 15) is 38.4 Å². The van der Waals surface area contributed by atoms with Crippen LogP contribution in [0.5, 0.6) is 0 Å². The average molecular weight is 384 g/mol. The van der Waals surface area contributed by atoms with Gasteiger partial charge in [0.2, 0.25) is 0 Å². The molecule has 0 radical (unpaired) electrons. The van der Waals surface area contributed by atoms with Crippen LogP contribution in [0.4, 0.5) is 0 Å². The summed E-state index contributed by atoms with van der Waals surface area (Å²) in [5.41, 5.74) is -11.4. The van der Waals surface area contributed by atoms with Crippen molar-refractivity contribution in [2.75, 3.05) is 0 Å². The first-order valence-corrected chi connectivity index (χ1v) is 7.27. The van der Waals surface area contributed by atoms with Crippen molar-refractivity contribution in [1.29, 1.82) is 0 Å². The molecule has 0 bridgehead atoms. The van der Waals surface area contributed by atoms with E-state index in [1.54, 1.807) is 0 Å². The molecule has 0 fully saturated rings.